The number of amides is 1. The van der Waals surface area contributed by atoms with E-state index in [4.69, 9.17) is 4.74 Å². The average Bonchev–Trinajstić information content (AvgIpc) is 2.37. The van der Waals surface area contributed by atoms with Gasteiger partial charge in [-0.3, -0.25) is 4.79 Å². The van der Waals surface area contributed by atoms with Gasteiger partial charge in [0.15, 0.2) is 0 Å². The first-order chi connectivity index (χ1) is 8.67. The summed E-state index contributed by atoms with van der Waals surface area (Å²) in [4.78, 5) is 11.6. The lowest BCUT2D eigenvalue weighted by atomic mass is 10.1. The summed E-state index contributed by atoms with van der Waals surface area (Å²) in [5.41, 5.74) is 1.07. The highest BCUT2D eigenvalue weighted by Gasteiger charge is 2.08. The molecule has 18 heavy (non-hydrogen) atoms. The molecule has 4 heteroatoms. The second-order valence-corrected chi connectivity index (χ2v) is 4.07. The number of carbonyl (C=O) groups excluding carboxylic acids is 1. The lowest BCUT2D eigenvalue weighted by Gasteiger charge is -2.15. The fourth-order valence-electron chi connectivity index (χ4n) is 1.63. The Balaban J connectivity index is 2.50. The number of benzene rings is 1. The molecule has 2 N–H and O–H groups in total. The van der Waals surface area contributed by atoms with Crippen molar-refractivity contribution in [2.45, 2.75) is 26.8 Å². The first-order valence-electron chi connectivity index (χ1n) is 6.40. The quantitative estimate of drug-likeness (QED) is 0.776. The third-order valence-corrected chi connectivity index (χ3v) is 2.60. The number of likely N-dealkylation sites (N-methyl/N-ethyl adjacent to an activating group) is 1. The Labute approximate surface area is 109 Å². The summed E-state index contributed by atoms with van der Waals surface area (Å²) in [6.45, 7) is 7.72. The van der Waals surface area contributed by atoms with Crippen LogP contribution in [-0.2, 0) is 4.79 Å². The van der Waals surface area contributed by atoms with Gasteiger partial charge in [-0.1, -0.05) is 19.1 Å². The van der Waals surface area contributed by atoms with Crippen molar-refractivity contribution in [3.05, 3.63) is 29.8 Å². The fourth-order valence-corrected chi connectivity index (χ4v) is 1.63. The SMILES string of the molecule is CCNCC(=O)NC(C)c1ccc(OCC)cc1. The molecule has 100 valence electrons. The van der Waals surface area contributed by atoms with Crippen LogP contribution < -0.4 is 15.4 Å². The molecule has 0 aliphatic carbocycles. The minimum Gasteiger partial charge on any atom is -0.494 e. The second-order valence-electron chi connectivity index (χ2n) is 4.07. The third-order valence-electron chi connectivity index (χ3n) is 2.60. The second kappa shape index (κ2) is 7.71. The molecule has 0 saturated carbocycles. The largest absolute Gasteiger partial charge is 0.494 e. The number of carbonyl (C=O) groups is 1. The molecule has 1 aromatic carbocycles. The molecule has 1 aromatic rings. The highest BCUT2D eigenvalue weighted by molar-refractivity contribution is 5.78. The number of nitrogens with one attached hydrogen (secondary N) is 2. The van der Waals surface area contributed by atoms with E-state index >= 15 is 0 Å². The monoisotopic (exact) mass is 250 g/mol. The first kappa shape index (κ1) is 14.5. The summed E-state index contributed by atoms with van der Waals surface area (Å²) in [6.07, 6.45) is 0. The lowest BCUT2D eigenvalue weighted by Crippen LogP contribution is -2.35. The molecule has 0 aromatic heterocycles. The topological polar surface area (TPSA) is 50.4 Å². The van der Waals surface area contributed by atoms with Crippen molar-refractivity contribution in [2.75, 3.05) is 19.7 Å². The van der Waals surface area contributed by atoms with E-state index in [2.05, 4.69) is 10.6 Å². The predicted octanol–water partition coefficient (Wildman–Crippen LogP) is 1.87. The maximum atomic E-state index is 11.6. The molecule has 0 aliphatic heterocycles. The zero-order chi connectivity index (χ0) is 13.4. The smallest absolute Gasteiger partial charge is 0.234 e. The van der Waals surface area contributed by atoms with Crippen molar-refractivity contribution in [1.29, 1.82) is 0 Å². The molecule has 0 radical (unpaired) electrons. The van der Waals surface area contributed by atoms with Crippen LogP contribution in [0, 0.1) is 0 Å². The van der Waals surface area contributed by atoms with Crippen LogP contribution in [0.4, 0.5) is 0 Å². The van der Waals surface area contributed by atoms with E-state index in [1.54, 1.807) is 0 Å². The summed E-state index contributed by atoms with van der Waals surface area (Å²) in [5.74, 6) is 0.866. The van der Waals surface area contributed by atoms with Gasteiger partial charge in [0.25, 0.3) is 0 Å². The Hall–Kier alpha value is -1.55. The van der Waals surface area contributed by atoms with Crippen LogP contribution in [0.5, 0.6) is 5.75 Å². The van der Waals surface area contributed by atoms with Crippen LogP contribution >= 0.6 is 0 Å². The summed E-state index contributed by atoms with van der Waals surface area (Å²) in [5, 5.41) is 5.94. The summed E-state index contributed by atoms with van der Waals surface area (Å²) in [6, 6.07) is 7.80. The van der Waals surface area contributed by atoms with Crippen molar-refractivity contribution in [1.82, 2.24) is 10.6 Å². The average molecular weight is 250 g/mol. The normalized spacial score (nSPS) is 11.9. The van der Waals surface area contributed by atoms with Crippen LogP contribution in [0.25, 0.3) is 0 Å². The highest BCUT2D eigenvalue weighted by atomic mass is 16.5. The zero-order valence-corrected chi connectivity index (χ0v) is 11.3. The van der Waals surface area contributed by atoms with E-state index < -0.39 is 0 Å². The molecule has 0 aliphatic rings. The van der Waals surface area contributed by atoms with E-state index in [9.17, 15) is 4.79 Å². The summed E-state index contributed by atoms with van der Waals surface area (Å²) < 4.78 is 5.38. The van der Waals surface area contributed by atoms with Gasteiger partial charge in [-0.25, -0.2) is 0 Å². The minimum absolute atomic E-state index is 0.00633. The molecular formula is C14H22N2O2. The van der Waals surface area contributed by atoms with Crippen molar-refractivity contribution in [2.24, 2.45) is 0 Å². The molecule has 0 spiro atoms. The van der Waals surface area contributed by atoms with Crippen molar-refractivity contribution in [3.63, 3.8) is 0 Å². The Bertz CT molecular complexity index is 363. The molecular weight excluding hydrogens is 228 g/mol. The Morgan fingerprint density at radius 1 is 1.28 bits per heavy atom. The van der Waals surface area contributed by atoms with E-state index in [1.807, 2.05) is 45.0 Å². The van der Waals surface area contributed by atoms with Crippen molar-refractivity contribution in [3.8, 4) is 5.75 Å². The van der Waals surface area contributed by atoms with Crippen LogP contribution in [0.2, 0.25) is 0 Å². The van der Waals surface area contributed by atoms with Gasteiger partial charge in [0.05, 0.1) is 19.2 Å². The molecule has 1 atom stereocenters. The number of hydrogen-bond acceptors (Lipinski definition) is 3. The van der Waals surface area contributed by atoms with Crippen LogP contribution in [0.15, 0.2) is 24.3 Å². The molecule has 0 bridgehead atoms. The molecule has 0 saturated heterocycles. The van der Waals surface area contributed by atoms with E-state index in [-0.39, 0.29) is 11.9 Å². The highest BCUT2D eigenvalue weighted by Crippen LogP contribution is 2.17. The number of hydrogen-bond donors (Lipinski definition) is 2. The van der Waals surface area contributed by atoms with Gasteiger partial charge in [0, 0.05) is 0 Å². The first-order valence-corrected chi connectivity index (χ1v) is 6.40. The van der Waals surface area contributed by atoms with Crippen molar-refractivity contribution >= 4 is 5.91 Å². The van der Waals surface area contributed by atoms with E-state index in [1.165, 1.54) is 0 Å². The molecule has 0 heterocycles. The van der Waals surface area contributed by atoms with E-state index in [0.717, 1.165) is 17.9 Å². The molecule has 4 nitrogen and oxygen atoms in total. The van der Waals surface area contributed by atoms with Gasteiger partial charge < -0.3 is 15.4 Å². The van der Waals surface area contributed by atoms with Crippen LogP contribution in [-0.4, -0.2) is 25.6 Å². The standard InChI is InChI=1S/C14H22N2O2/c1-4-15-10-14(17)16-11(3)12-6-8-13(9-7-12)18-5-2/h6-9,11,15H,4-5,10H2,1-3H3,(H,16,17). The van der Waals surface area contributed by atoms with Crippen LogP contribution in [0.1, 0.15) is 32.4 Å². The predicted molar refractivity (Wildman–Crippen MR) is 72.7 cm³/mol. The molecule has 1 rings (SSSR count). The Morgan fingerprint density at radius 3 is 2.50 bits per heavy atom. The zero-order valence-electron chi connectivity index (χ0n) is 11.3. The maximum Gasteiger partial charge on any atom is 0.234 e. The van der Waals surface area contributed by atoms with Gasteiger partial charge in [-0.15, -0.1) is 0 Å². The van der Waals surface area contributed by atoms with Gasteiger partial charge >= 0.3 is 0 Å². The van der Waals surface area contributed by atoms with Gasteiger partial charge in [-0.05, 0) is 38.1 Å². The van der Waals surface area contributed by atoms with Gasteiger partial charge in [-0.2, -0.15) is 0 Å². The summed E-state index contributed by atoms with van der Waals surface area (Å²) >= 11 is 0. The van der Waals surface area contributed by atoms with Crippen LogP contribution in [0.3, 0.4) is 0 Å². The molecule has 0 fully saturated rings. The Morgan fingerprint density at radius 2 is 1.94 bits per heavy atom. The number of ether oxygens (including phenoxy) is 1. The Kier molecular flexibility index (Phi) is 6.22. The van der Waals surface area contributed by atoms with Crippen molar-refractivity contribution < 1.29 is 9.53 Å². The fraction of sp³-hybridized carbons (Fsp3) is 0.500. The molecule has 1 amide bonds. The summed E-state index contributed by atoms with van der Waals surface area (Å²) in [7, 11) is 0. The van der Waals surface area contributed by atoms with Gasteiger partial charge in [0.2, 0.25) is 5.91 Å². The maximum absolute atomic E-state index is 11.6. The molecule has 1 unspecified atom stereocenters. The van der Waals surface area contributed by atoms with E-state index in [0.29, 0.717) is 13.2 Å². The minimum atomic E-state index is 0.00633. The lowest BCUT2D eigenvalue weighted by molar-refractivity contribution is -0.120. The third kappa shape index (κ3) is 4.75. The number of rotatable bonds is 7. The van der Waals surface area contributed by atoms with Gasteiger partial charge in [0.1, 0.15) is 5.75 Å².